The standard InChI is InChI=1S/C36H35N3O6/c1-23(43-24(2)41)35(42)38-29-12-8-11-28(19-29)36-44-32(20-39-22-37-30-13-6-7-14-31(30)39)33(26-9-4-3-5-10-26)34(45-36)27-17-15-25(21-40)16-18-27/h3-19,22-23,32-34,36,40H,20-21H2,1-2H3,(H,38,42)/t23-,32+,33+,34-,36?/m0/s1. The van der Waals surface area contributed by atoms with E-state index >= 15 is 0 Å². The average Bonchev–Trinajstić information content (AvgIpc) is 3.47. The van der Waals surface area contributed by atoms with Crippen LogP contribution in [0.15, 0.2) is 109 Å². The van der Waals surface area contributed by atoms with Crippen LogP contribution in [-0.4, -0.2) is 38.7 Å². The molecule has 1 amide bonds. The molecule has 2 N–H and O–H groups in total. The van der Waals surface area contributed by atoms with Crippen LogP contribution in [0.5, 0.6) is 0 Å². The summed E-state index contributed by atoms with van der Waals surface area (Å²) in [5.74, 6) is -1.15. The van der Waals surface area contributed by atoms with Crippen LogP contribution in [-0.2, 0) is 37.0 Å². The van der Waals surface area contributed by atoms with Crippen molar-refractivity contribution in [3.8, 4) is 0 Å². The van der Waals surface area contributed by atoms with Crippen molar-refractivity contribution in [2.45, 2.75) is 57.5 Å². The molecule has 1 saturated heterocycles. The first kappa shape index (κ1) is 30.2. The monoisotopic (exact) mass is 605 g/mol. The zero-order valence-corrected chi connectivity index (χ0v) is 25.1. The molecule has 0 spiro atoms. The largest absolute Gasteiger partial charge is 0.453 e. The third kappa shape index (κ3) is 6.81. The van der Waals surface area contributed by atoms with Crippen molar-refractivity contribution in [2.75, 3.05) is 5.32 Å². The van der Waals surface area contributed by atoms with Crippen LogP contribution in [0.2, 0.25) is 0 Å². The lowest BCUT2D eigenvalue weighted by atomic mass is 9.83. The summed E-state index contributed by atoms with van der Waals surface area (Å²) in [6.07, 6.45) is -0.614. The smallest absolute Gasteiger partial charge is 0.303 e. The first-order valence-electron chi connectivity index (χ1n) is 14.9. The number of aliphatic hydroxyl groups is 1. The molecule has 230 valence electrons. The zero-order valence-electron chi connectivity index (χ0n) is 25.1. The number of aliphatic hydroxyl groups excluding tert-OH is 1. The number of fused-ring (bicyclic) bond motifs is 1. The summed E-state index contributed by atoms with van der Waals surface area (Å²) >= 11 is 0. The maximum absolute atomic E-state index is 12.7. The fourth-order valence-electron chi connectivity index (χ4n) is 5.82. The first-order valence-corrected chi connectivity index (χ1v) is 14.9. The van der Waals surface area contributed by atoms with Gasteiger partial charge in [-0.1, -0.05) is 78.9 Å². The Morgan fingerprint density at radius 2 is 1.64 bits per heavy atom. The second-order valence-electron chi connectivity index (χ2n) is 11.2. The molecule has 0 saturated carbocycles. The number of anilines is 1. The van der Waals surface area contributed by atoms with Crippen molar-refractivity contribution >= 4 is 28.6 Å². The lowest BCUT2D eigenvalue weighted by Crippen LogP contribution is -2.39. The molecule has 9 heteroatoms. The third-order valence-electron chi connectivity index (χ3n) is 8.01. The summed E-state index contributed by atoms with van der Waals surface area (Å²) in [5.41, 5.74) is 5.99. The molecule has 45 heavy (non-hydrogen) atoms. The summed E-state index contributed by atoms with van der Waals surface area (Å²) in [6, 6.07) is 33.3. The molecular formula is C36H35N3O6. The molecule has 1 unspecified atom stereocenters. The number of carbonyl (C=O) groups is 2. The van der Waals surface area contributed by atoms with E-state index in [1.807, 2.05) is 91.3 Å². The number of para-hydroxylation sites is 2. The van der Waals surface area contributed by atoms with Crippen LogP contribution >= 0.6 is 0 Å². The molecule has 0 radical (unpaired) electrons. The molecule has 1 aliphatic rings. The Balaban J connectivity index is 1.38. The van der Waals surface area contributed by atoms with Gasteiger partial charge in [0.05, 0.1) is 42.7 Å². The fourth-order valence-corrected chi connectivity index (χ4v) is 5.82. The fraction of sp³-hybridized carbons (Fsp3) is 0.250. The highest BCUT2D eigenvalue weighted by Gasteiger charge is 2.42. The van der Waals surface area contributed by atoms with Crippen molar-refractivity contribution in [3.63, 3.8) is 0 Å². The van der Waals surface area contributed by atoms with Gasteiger partial charge in [-0.3, -0.25) is 9.59 Å². The highest BCUT2D eigenvalue weighted by atomic mass is 16.7. The minimum Gasteiger partial charge on any atom is -0.453 e. The SMILES string of the molecule is CC(=O)O[C@@H](C)C(=O)Nc1cccc(C2O[C@H](Cn3cnc4ccccc43)[C@@H](c3ccccc3)[C@H](c3ccc(CO)cc3)O2)c1. The Bertz CT molecular complexity index is 1770. The topological polar surface area (TPSA) is 112 Å². The highest BCUT2D eigenvalue weighted by Crippen LogP contribution is 2.47. The van der Waals surface area contributed by atoms with Crippen molar-refractivity contribution < 1.29 is 28.9 Å². The van der Waals surface area contributed by atoms with E-state index in [1.54, 1.807) is 6.07 Å². The Labute approximate surface area is 261 Å². The van der Waals surface area contributed by atoms with E-state index < -0.39 is 30.4 Å². The quantitative estimate of drug-likeness (QED) is 0.197. The molecule has 0 bridgehead atoms. The Morgan fingerprint density at radius 1 is 0.911 bits per heavy atom. The molecule has 2 heterocycles. The summed E-state index contributed by atoms with van der Waals surface area (Å²) in [5, 5.41) is 12.5. The molecule has 5 atom stereocenters. The number of rotatable bonds is 9. The predicted molar refractivity (Wildman–Crippen MR) is 169 cm³/mol. The lowest BCUT2D eigenvalue weighted by molar-refractivity contribution is -0.263. The van der Waals surface area contributed by atoms with E-state index in [9.17, 15) is 14.7 Å². The van der Waals surface area contributed by atoms with Gasteiger partial charge in [-0.25, -0.2) is 4.98 Å². The van der Waals surface area contributed by atoms with Crippen LogP contribution in [0.1, 0.15) is 54.4 Å². The molecule has 9 nitrogen and oxygen atoms in total. The van der Waals surface area contributed by atoms with E-state index in [0.29, 0.717) is 12.2 Å². The van der Waals surface area contributed by atoms with Crippen LogP contribution < -0.4 is 5.32 Å². The molecule has 1 fully saturated rings. The van der Waals surface area contributed by atoms with Gasteiger partial charge >= 0.3 is 5.97 Å². The van der Waals surface area contributed by atoms with E-state index in [1.165, 1.54) is 13.8 Å². The predicted octanol–water partition coefficient (Wildman–Crippen LogP) is 6.06. The van der Waals surface area contributed by atoms with E-state index in [0.717, 1.165) is 33.3 Å². The van der Waals surface area contributed by atoms with Gasteiger partial charge in [0, 0.05) is 24.1 Å². The summed E-state index contributed by atoms with van der Waals surface area (Å²) in [6.45, 7) is 3.25. The van der Waals surface area contributed by atoms with Crippen molar-refractivity contribution in [2.24, 2.45) is 0 Å². The summed E-state index contributed by atoms with van der Waals surface area (Å²) < 4.78 is 20.8. The molecule has 5 aromatic rings. The number of imidazole rings is 1. The van der Waals surface area contributed by atoms with E-state index in [-0.39, 0.29) is 18.6 Å². The van der Waals surface area contributed by atoms with Crippen molar-refractivity contribution in [3.05, 3.63) is 132 Å². The van der Waals surface area contributed by atoms with Gasteiger partial charge in [0.1, 0.15) is 0 Å². The minimum atomic E-state index is -0.944. The zero-order chi connectivity index (χ0) is 31.3. The van der Waals surface area contributed by atoms with Gasteiger partial charge in [-0.05, 0) is 47.9 Å². The Kier molecular flexibility index (Phi) is 9.02. The van der Waals surface area contributed by atoms with Crippen molar-refractivity contribution in [1.82, 2.24) is 9.55 Å². The number of hydrogen-bond donors (Lipinski definition) is 2. The van der Waals surface area contributed by atoms with Gasteiger partial charge in [-0.2, -0.15) is 0 Å². The summed E-state index contributed by atoms with van der Waals surface area (Å²) in [7, 11) is 0. The number of amides is 1. The molecule has 1 aliphatic heterocycles. The van der Waals surface area contributed by atoms with Crippen LogP contribution in [0.4, 0.5) is 5.69 Å². The number of aromatic nitrogens is 2. The van der Waals surface area contributed by atoms with Gasteiger partial charge < -0.3 is 29.2 Å². The number of hydrogen-bond acceptors (Lipinski definition) is 7. The van der Waals surface area contributed by atoms with Gasteiger partial charge in [0.2, 0.25) is 0 Å². The van der Waals surface area contributed by atoms with Gasteiger partial charge in [-0.15, -0.1) is 0 Å². The average molecular weight is 606 g/mol. The maximum Gasteiger partial charge on any atom is 0.303 e. The van der Waals surface area contributed by atoms with Crippen LogP contribution in [0.3, 0.4) is 0 Å². The normalized spacial score (nSPS) is 20.4. The van der Waals surface area contributed by atoms with E-state index in [4.69, 9.17) is 14.2 Å². The number of nitrogens with zero attached hydrogens (tertiary/aromatic N) is 2. The Hall–Kier alpha value is -4.83. The van der Waals surface area contributed by atoms with Crippen LogP contribution in [0, 0.1) is 0 Å². The minimum absolute atomic E-state index is 0.0510. The maximum atomic E-state index is 12.7. The Morgan fingerprint density at radius 3 is 2.40 bits per heavy atom. The van der Waals surface area contributed by atoms with Gasteiger partial charge in [0.15, 0.2) is 12.4 Å². The highest BCUT2D eigenvalue weighted by molar-refractivity contribution is 5.95. The molecule has 6 rings (SSSR count). The second kappa shape index (κ2) is 13.4. The number of carbonyl (C=O) groups excluding carboxylic acids is 2. The molecule has 0 aliphatic carbocycles. The molecule has 1 aromatic heterocycles. The number of nitrogens with one attached hydrogen (secondary N) is 1. The third-order valence-corrected chi connectivity index (χ3v) is 8.01. The molecular weight excluding hydrogens is 570 g/mol. The first-order chi connectivity index (χ1) is 21.9. The van der Waals surface area contributed by atoms with Gasteiger partial charge in [0.25, 0.3) is 5.91 Å². The number of benzene rings is 4. The second-order valence-corrected chi connectivity index (χ2v) is 11.2. The lowest BCUT2D eigenvalue weighted by Gasteiger charge is -2.43. The van der Waals surface area contributed by atoms with Crippen LogP contribution in [0.25, 0.3) is 11.0 Å². The molecule has 4 aromatic carbocycles. The van der Waals surface area contributed by atoms with Crippen molar-refractivity contribution in [1.29, 1.82) is 0 Å². The number of esters is 1. The number of ether oxygens (including phenoxy) is 3. The van der Waals surface area contributed by atoms with E-state index in [2.05, 4.69) is 27.0 Å². The summed E-state index contributed by atoms with van der Waals surface area (Å²) in [4.78, 5) is 28.6.